The molecule has 11 nitrogen and oxygen atoms in total. The van der Waals surface area contributed by atoms with Crippen LogP contribution in [-0.4, -0.2) is 82.8 Å². The van der Waals surface area contributed by atoms with Crippen molar-refractivity contribution in [2.24, 2.45) is 5.92 Å². The molecule has 4 heterocycles. The molecule has 288 valence electrons. The first-order valence-electron chi connectivity index (χ1n) is 19.4. The Morgan fingerprint density at radius 2 is 1.76 bits per heavy atom. The van der Waals surface area contributed by atoms with Crippen molar-refractivity contribution in [3.63, 3.8) is 0 Å². The van der Waals surface area contributed by atoms with Gasteiger partial charge in [0.1, 0.15) is 18.1 Å². The monoisotopic (exact) mass is 745 g/mol. The number of phenolic OH excluding ortho intramolecular Hbond substituents is 1. The highest BCUT2D eigenvalue weighted by Gasteiger charge is 2.35. The van der Waals surface area contributed by atoms with Crippen molar-refractivity contribution in [1.29, 1.82) is 0 Å². The van der Waals surface area contributed by atoms with E-state index in [1.807, 2.05) is 66.4 Å². The summed E-state index contributed by atoms with van der Waals surface area (Å²) >= 11 is 0. The van der Waals surface area contributed by atoms with Crippen molar-refractivity contribution in [3.8, 4) is 11.5 Å². The van der Waals surface area contributed by atoms with Gasteiger partial charge in [-0.05, 0) is 110 Å². The van der Waals surface area contributed by atoms with Crippen LogP contribution in [0.15, 0.2) is 108 Å². The minimum Gasteiger partial charge on any atom is -0.506 e. The van der Waals surface area contributed by atoms with Crippen LogP contribution in [-0.2, 0) is 11.4 Å². The predicted octanol–water partition coefficient (Wildman–Crippen LogP) is 5.69. The Hall–Kier alpha value is -5.04. The zero-order chi connectivity index (χ0) is 38.1. The smallest absolute Gasteiger partial charge is 0.253 e. The van der Waals surface area contributed by atoms with Crippen LogP contribution in [0.2, 0.25) is 0 Å². The van der Waals surface area contributed by atoms with Gasteiger partial charge in [-0.25, -0.2) is 0 Å². The van der Waals surface area contributed by atoms with E-state index in [-0.39, 0.29) is 35.9 Å². The second-order valence-electron chi connectivity index (χ2n) is 14.6. The Labute approximate surface area is 321 Å². The Bertz CT molecular complexity index is 2100. The van der Waals surface area contributed by atoms with Crippen LogP contribution in [0.1, 0.15) is 70.9 Å². The van der Waals surface area contributed by atoms with E-state index in [1.165, 1.54) is 38.1 Å². The fraction of sp³-hybridized carbons (Fsp3) is 0.364. The number of aromatic hydroxyl groups is 1. The van der Waals surface area contributed by atoms with E-state index in [0.717, 1.165) is 29.0 Å². The Balaban J connectivity index is 0.915. The SMILES string of the molecule is CCN(CCCNC[C@H](O)c1ccc(O)c2[nH]c(=O)ccc12)C(=O)c1cccc(COc2cccc([C@@H](NO[C@H]3CN4CCC3CC4)c3ccccc3)c2)c1. The van der Waals surface area contributed by atoms with E-state index in [9.17, 15) is 19.8 Å². The molecule has 0 radical (unpaired) electrons. The van der Waals surface area contributed by atoms with E-state index in [1.54, 1.807) is 12.1 Å². The second-order valence-corrected chi connectivity index (χ2v) is 14.6. The number of nitrogens with zero attached hydrogens (tertiary/aromatic N) is 2. The summed E-state index contributed by atoms with van der Waals surface area (Å²) in [6, 6.07) is 32.0. The number of aromatic nitrogens is 1. The topological polar surface area (TPSA) is 139 Å². The number of aliphatic hydroxyl groups excluding tert-OH is 1. The van der Waals surface area contributed by atoms with Crippen LogP contribution in [0.5, 0.6) is 11.5 Å². The quantitative estimate of drug-likeness (QED) is 0.0600. The molecule has 8 rings (SSSR count). The predicted molar refractivity (Wildman–Crippen MR) is 213 cm³/mol. The molecule has 0 unspecified atom stereocenters. The number of H-pyrrole nitrogens is 1. The molecule has 5 aromatic rings. The third kappa shape index (κ3) is 9.44. The van der Waals surface area contributed by atoms with Gasteiger partial charge in [-0.1, -0.05) is 60.7 Å². The van der Waals surface area contributed by atoms with E-state index in [4.69, 9.17) is 9.57 Å². The number of pyridine rings is 1. The first-order valence-corrected chi connectivity index (χ1v) is 19.4. The summed E-state index contributed by atoms with van der Waals surface area (Å²) < 4.78 is 6.30. The maximum Gasteiger partial charge on any atom is 0.253 e. The summed E-state index contributed by atoms with van der Waals surface area (Å²) in [7, 11) is 0. The Morgan fingerprint density at radius 3 is 2.55 bits per heavy atom. The van der Waals surface area contributed by atoms with Crippen LogP contribution in [0.4, 0.5) is 0 Å². The number of ether oxygens (including phenoxy) is 1. The van der Waals surface area contributed by atoms with E-state index in [2.05, 4.69) is 44.9 Å². The summed E-state index contributed by atoms with van der Waals surface area (Å²) in [4.78, 5) is 38.6. The maximum atomic E-state index is 13.6. The van der Waals surface area contributed by atoms with Crippen molar-refractivity contribution in [1.82, 2.24) is 25.6 Å². The van der Waals surface area contributed by atoms with E-state index >= 15 is 0 Å². The van der Waals surface area contributed by atoms with Crippen molar-refractivity contribution < 1.29 is 24.6 Å². The van der Waals surface area contributed by atoms with Gasteiger partial charge in [0, 0.05) is 43.2 Å². The molecule has 3 saturated heterocycles. The number of fused-ring (bicyclic) bond motifs is 4. The molecule has 1 aromatic heterocycles. The van der Waals surface area contributed by atoms with Crippen LogP contribution in [0.25, 0.3) is 10.9 Å². The number of piperidine rings is 3. The zero-order valence-corrected chi connectivity index (χ0v) is 31.3. The first kappa shape index (κ1) is 38.2. The summed E-state index contributed by atoms with van der Waals surface area (Å²) in [5, 5.41) is 24.9. The fourth-order valence-electron chi connectivity index (χ4n) is 7.80. The average Bonchev–Trinajstić information content (AvgIpc) is 3.22. The molecule has 3 aliphatic rings. The van der Waals surface area contributed by atoms with Crippen molar-refractivity contribution >= 4 is 16.8 Å². The molecule has 0 saturated carbocycles. The molecule has 0 aliphatic carbocycles. The van der Waals surface area contributed by atoms with Crippen molar-refractivity contribution in [3.05, 3.63) is 141 Å². The molecule has 3 fully saturated rings. The summed E-state index contributed by atoms with van der Waals surface area (Å²) in [6.07, 6.45) is 2.40. The number of aromatic amines is 1. The summed E-state index contributed by atoms with van der Waals surface area (Å²) in [5.41, 5.74) is 7.68. The maximum absolute atomic E-state index is 13.6. The highest BCUT2D eigenvalue weighted by Crippen LogP contribution is 2.32. The summed E-state index contributed by atoms with van der Waals surface area (Å²) in [6.45, 7) is 7.56. The number of carbonyl (C=O) groups is 1. The van der Waals surface area contributed by atoms with Gasteiger partial charge in [-0.15, -0.1) is 0 Å². The van der Waals surface area contributed by atoms with Gasteiger partial charge in [-0.3, -0.25) is 14.4 Å². The van der Waals surface area contributed by atoms with Gasteiger partial charge in [0.2, 0.25) is 5.56 Å². The molecule has 2 bridgehead atoms. The minimum absolute atomic E-state index is 0.0456. The number of nitrogens with one attached hydrogen (secondary N) is 3. The second kappa shape index (κ2) is 18.1. The van der Waals surface area contributed by atoms with Gasteiger partial charge >= 0.3 is 0 Å². The number of hydrogen-bond donors (Lipinski definition) is 5. The molecule has 3 aliphatic heterocycles. The fourth-order valence-corrected chi connectivity index (χ4v) is 7.80. The van der Waals surface area contributed by atoms with Gasteiger partial charge in [-0.2, -0.15) is 5.48 Å². The van der Waals surface area contributed by atoms with Crippen LogP contribution in [0, 0.1) is 5.92 Å². The molecular weight excluding hydrogens is 695 g/mol. The zero-order valence-electron chi connectivity index (χ0n) is 31.3. The van der Waals surface area contributed by atoms with E-state index in [0.29, 0.717) is 60.6 Å². The Kier molecular flexibility index (Phi) is 12.6. The lowest BCUT2D eigenvalue weighted by atomic mass is 9.86. The molecular formula is C44H51N5O6. The van der Waals surface area contributed by atoms with Crippen molar-refractivity contribution in [2.45, 2.75) is 51.0 Å². The number of phenols is 1. The van der Waals surface area contributed by atoms with Crippen molar-refractivity contribution in [2.75, 3.05) is 45.8 Å². The number of benzene rings is 4. The molecule has 3 atom stereocenters. The van der Waals surface area contributed by atoms with Crippen LogP contribution >= 0.6 is 0 Å². The van der Waals surface area contributed by atoms with Gasteiger partial charge in [0.25, 0.3) is 5.91 Å². The Morgan fingerprint density at radius 1 is 0.964 bits per heavy atom. The number of carbonyl (C=O) groups excluding carboxylic acids is 1. The van der Waals surface area contributed by atoms with Crippen LogP contribution in [0.3, 0.4) is 0 Å². The number of hydroxylamine groups is 1. The molecule has 55 heavy (non-hydrogen) atoms. The van der Waals surface area contributed by atoms with Gasteiger partial charge < -0.3 is 35.1 Å². The standard InChI is InChI=1S/C44H51N5O6/c1-2-49(22-8-21-45-27-39(51)36-15-17-38(50)43-37(36)16-18-41(52)46-43)44(53)34-13-6-9-30(25-34)29-54-35-14-7-12-33(26-35)42(32-10-4-3-5-11-32)47-55-40-28-48-23-19-31(40)20-24-48/h3-7,9-18,25-26,31,39-40,42,45,47,50-51H,2,8,19-24,27-29H2,1H3,(H,46,52)/t39-,40-,42-/m0/s1. The van der Waals surface area contributed by atoms with Gasteiger partial charge in [0.05, 0.1) is 23.8 Å². The lowest BCUT2D eigenvalue weighted by molar-refractivity contribution is -0.119. The van der Waals surface area contributed by atoms with Gasteiger partial charge in [0.15, 0.2) is 0 Å². The number of rotatable bonds is 17. The summed E-state index contributed by atoms with van der Waals surface area (Å²) in [5.74, 6) is 1.24. The third-order valence-corrected chi connectivity index (χ3v) is 10.9. The van der Waals surface area contributed by atoms with Crippen LogP contribution < -0.4 is 21.1 Å². The molecule has 0 spiro atoms. The first-order chi connectivity index (χ1) is 26.9. The number of amides is 1. The minimum atomic E-state index is -0.846. The lowest BCUT2D eigenvalue weighted by Crippen LogP contribution is -2.53. The molecule has 1 amide bonds. The normalized spacial score (nSPS) is 18.9. The average molecular weight is 746 g/mol. The third-order valence-electron chi connectivity index (χ3n) is 10.9. The highest BCUT2D eigenvalue weighted by atomic mass is 16.7. The molecule has 5 N–H and O–H groups in total. The lowest BCUT2D eigenvalue weighted by Gasteiger charge is -2.44. The largest absolute Gasteiger partial charge is 0.506 e. The molecule has 11 heteroatoms. The highest BCUT2D eigenvalue weighted by molar-refractivity contribution is 5.94. The van der Waals surface area contributed by atoms with E-state index < -0.39 is 6.10 Å². The molecule has 4 aromatic carbocycles. The number of aliphatic hydroxyl groups is 1. The number of hydrogen-bond acceptors (Lipinski definition) is 9.